The Morgan fingerprint density at radius 3 is 2.84 bits per heavy atom. The van der Waals surface area contributed by atoms with Crippen LogP contribution in [0.3, 0.4) is 0 Å². The summed E-state index contributed by atoms with van der Waals surface area (Å²) in [5.41, 5.74) is 0.897. The molecule has 0 spiro atoms. The van der Waals surface area contributed by atoms with Crippen molar-refractivity contribution in [3.63, 3.8) is 0 Å². The Morgan fingerprint density at radius 2 is 2.16 bits per heavy atom. The average Bonchev–Trinajstić information content (AvgIpc) is 2.85. The van der Waals surface area contributed by atoms with E-state index >= 15 is 0 Å². The van der Waals surface area contributed by atoms with Gasteiger partial charge in [0.05, 0.1) is 17.9 Å². The third kappa shape index (κ3) is 3.78. The highest BCUT2D eigenvalue weighted by Crippen LogP contribution is 2.19. The number of aromatic nitrogens is 4. The molecular weight excluding hydrogens is 264 g/mol. The van der Waals surface area contributed by atoms with Crippen LogP contribution < -0.4 is 0 Å². The van der Waals surface area contributed by atoms with Crippen LogP contribution in [0.1, 0.15) is 19.2 Å². The van der Waals surface area contributed by atoms with E-state index in [0.717, 1.165) is 5.69 Å². The quantitative estimate of drug-likeness (QED) is 0.867. The first-order chi connectivity index (χ1) is 9.16. The van der Waals surface area contributed by atoms with Crippen molar-refractivity contribution in [3.05, 3.63) is 36.2 Å². The summed E-state index contributed by atoms with van der Waals surface area (Å²) in [5.74, 6) is 0.507. The summed E-state index contributed by atoms with van der Waals surface area (Å²) in [7, 11) is 0. The van der Waals surface area contributed by atoms with E-state index in [4.69, 9.17) is 5.11 Å². The molecule has 2 aromatic rings. The standard InChI is InChI=1S/C12H14N4O2S/c1-9(7-12(17)18)19-8-11-13-14-15-16(11)10-5-3-2-4-6-10/h2-6,9H,7-8H2,1H3,(H,17,18). The van der Waals surface area contributed by atoms with Gasteiger partial charge in [0.15, 0.2) is 5.82 Å². The van der Waals surface area contributed by atoms with Crippen LogP contribution in [0.4, 0.5) is 0 Å². The van der Waals surface area contributed by atoms with Crippen LogP contribution in [0.2, 0.25) is 0 Å². The number of hydrogen-bond acceptors (Lipinski definition) is 5. The maximum absolute atomic E-state index is 10.6. The van der Waals surface area contributed by atoms with Gasteiger partial charge in [0.2, 0.25) is 0 Å². The third-order valence-corrected chi connectivity index (χ3v) is 3.65. The fourth-order valence-electron chi connectivity index (χ4n) is 1.59. The van der Waals surface area contributed by atoms with Gasteiger partial charge in [-0.1, -0.05) is 25.1 Å². The van der Waals surface area contributed by atoms with Gasteiger partial charge < -0.3 is 5.11 Å². The van der Waals surface area contributed by atoms with Crippen molar-refractivity contribution >= 4 is 17.7 Å². The lowest BCUT2D eigenvalue weighted by Crippen LogP contribution is -2.08. The molecule has 19 heavy (non-hydrogen) atoms. The zero-order chi connectivity index (χ0) is 13.7. The van der Waals surface area contributed by atoms with Crippen LogP contribution >= 0.6 is 11.8 Å². The van der Waals surface area contributed by atoms with Gasteiger partial charge in [0.1, 0.15) is 0 Å². The van der Waals surface area contributed by atoms with E-state index in [1.165, 1.54) is 11.8 Å². The maximum Gasteiger partial charge on any atom is 0.304 e. The SMILES string of the molecule is CC(CC(=O)O)SCc1nnnn1-c1ccccc1. The molecular formula is C12H14N4O2S. The lowest BCUT2D eigenvalue weighted by Gasteiger charge is -2.08. The summed E-state index contributed by atoms with van der Waals surface area (Å²) in [6, 6.07) is 9.61. The number of para-hydroxylation sites is 1. The Kier molecular flexibility index (Phi) is 4.51. The molecule has 1 heterocycles. The van der Waals surface area contributed by atoms with E-state index in [0.29, 0.717) is 11.6 Å². The Balaban J connectivity index is 2.03. The minimum Gasteiger partial charge on any atom is -0.481 e. The van der Waals surface area contributed by atoms with E-state index in [1.807, 2.05) is 37.3 Å². The van der Waals surface area contributed by atoms with Crippen LogP contribution in [0.15, 0.2) is 30.3 Å². The van der Waals surface area contributed by atoms with Gasteiger partial charge in [-0.15, -0.1) is 5.10 Å². The van der Waals surface area contributed by atoms with Crippen molar-refractivity contribution < 1.29 is 9.90 Å². The van der Waals surface area contributed by atoms with Crippen molar-refractivity contribution in [2.24, 2.45) is 0 Å². The highest BCUT2D eigenvalue weighted by molar-refractivity contribution is 7.99. The van der Waals surface area contributed by atoms with Gasteiger partial charge in [-0.2, -0.15) is 16.4 Å². The molecule has 0 aliphatic rings. The number of aliphatic carboxylic acids is 1. The van der Waals surface area contributed by atoms with Crippen LogP contribution in [0.25, 0.3) is 5.69 Å². The fourth-order valence-corrected chi connectivity index (χ4v) is 2.46. The lowest BCUT2D eigenvalue weighted by atomic mass is 10.3. The number of nitrogens with zero attached hydrogens (tertiary/aromatic N) is 4. The molecule has 2 rings (SSSR count). The molecule has 6 nitrogen and oxygen atoms in total. The van der Waals surface area contributed by atoms with Gasteiger partial charge in [-0.25, -0.2) is 0 Å². The van der Waals surface area contributed by atoms with Crippen LogP contribution in [0.5, 0.6) is 0 Å². The largest absolute Gasteiger partial charge is 0.481 e. The van der Waals surface area contributed by atoms with Gasteiger partial charge >= 0.3 is 5.97 Å². The molecule has 0 bridgehead atoms. The van der Waals surface area contributed by atoms with Crippen molar-refractivity contribution in [2.45, 2.75) is 24.3 Å². The normalized spacial score (nSPS) is 12.3. The lowest BCUT2D eigenvalue weighted by molar-refractivity contribution is -0.136. The van der Waals surface area contributed by atoms with E-state index in [9.17, 15) is 4.79 Å². The molecule has 0 radical (unpaired) electrons. The van der Waals surface area contributed by atoms with Gasteiger partial charge in [0.25, 0.3) is 0 Å². The molecule has 0 saturated carbocycles. The minimum atomic E-state index is -0.789. The van der Waals surface area contributed by atoms with E-state index in [-0.39, 0.29) is 11.7 Å². The Labute approximate surface area is 114 Å². The molecule has 1 atom stereocenters. The molecule has 0 amide bonds. The van der Waals surface area contributed by atoms with Gasteiger partial charge in [-0.3, -0.25) is 4.79 Å². The molecule has 1 aromatic carbocycles. The highest BCUT2D eigenvalue weighted by Gasteiger charge is 2.12. The summed E-state index contributed by atoms with van der Waals surface area (Å²) in [6.07, 6.45) is 0.136. The second-order valence-electron chi connectivity index (χ2n) is 4.06. The van der Waals surface area contributed by atoms with Crippen LogP contribution in [0, 0.1) is 0 Å². The molecule has 0 fully saturated rings. The Morgan fingerprint density at radius 1 is 1.42 bits per heavy atom. The first-order valence-corrected chi connectivity index (χ1v) is 6.88. The molecule has 0 aliphatic heterocycles. The maximum atomic E-state index is 10.6. The summed E-state index contributed by atoms with van der Waals surface area (Å²) in [6.45, 7) is 1.88. The summed E-state index contributed by atoms with van der Waals surface area (Å²) >= 11 is 1.53. The monoisotopic (exact) mass is 278 g/mol. The first kappa shape index (κ1) is 13.5. The second kappa shape index (κ2) is 6.33. The molecule has 1 aromatic heterocycles. The highest BCUT2D eigenvalue weighted by atomic mass is 32.2. The first-order valence-electron chi connectivity index (χ1n) is 5.83. The number of carboxylic acids is 1. The zero-order valence-electron chi connectivity index (χ0n) is 10.4. The Bertz CT molecular complexity index is 544. The van der Waals surface area contributed by atoms with Gasteiger partial charge in [-0.05, 0) is 22.6 Å². The van der Waals surface area contributed by atoms with Crippen molar-refractivity contribution in [1.82, 2.24) is 20.2 Å². The number of hydrogen-bond donors (Lipinski definition) is 1. The summed E-state index contributed by atoms with van der Waals surface area (Å²) in [5, 5.41) is 20.3. The van der Waals surface area contributed by atoms with E-state index in [2.05, 4.69) is 15.5 Å². The molecule has 0 saturated heterocycles. The van der Waals surface area contributed by atoms with Crippen LogP contribution in [-0.2, 0) is 10.5 Å². The molecule has 1 N–H and O–H groups in total. The molecule has 100 valence electrons. The molecule has 0 aliphatic carbocycles. The van der Waals surface area contributed by atoms with E-state index < -0.39 is 5.97 Å². The number of carboxylic acid groups (broad SMARTS) is 1. The van der Waals surface area contributed by atoms with Crippen molar-refractivity contribution in [2.75, 3.05) is 0 Å². The number of carbonyl (C=O) groups is 1. The number of rotatable bonds is 6. The Hall–Kier alpha value is -1.89. The fraction of sp³-hybridized carbons (Fsp3) is 0.333. The second-order valence-corrected chi connectivity index (χ2v) is 5.49. The van der Waals surface area contributed by atoms with Crippen molar-refractivity contribution in [1.29, 1.82) is 0 Å². The van der Waals surface area contributed by atoms with Gasteiger partial charge in [0, 0.05) is 5.25 Å². The zero-order valence-corrected chi connectivity index (χ0v) is 11.2. The number of tetrazole rings is 1. The smallest absolute Gasteiger partial charge is 0.304 e. The topological polar surface area (TPSA) is 80.9 Å². The van der Waals surface area contributed by atoms with E-state index in [1.54, 1.807) is 4.68 Å². The number of thioether (sulfide) groups is 1. The molecule has 1 unspecified atom stereocenters. The summed E-state index contributed by atoms with van der Waals surface area (Å²) in [4.78, 5) is 10.6. The van der Waals surface area contributed by atoms with Crippen molar-refractivity contribution in [3.8, 4) is 5.69 Å². The predicted molar refractivity (Wildman–Crippen MR) is 72.2 cm³/mol. The van der Waals surface area contributed by atoms with Crippen LogP contribution in [-0.4, -0.2) is 36.5 Å². The average molecular weight is 278 g/mol. The predicted octanol–water partition coefficient (Wildman–Crippen LogP) is 1.76. The third-order valence-electron chi connectivity index (χ3n) is 2.49. The number of benzene rings is 1. The molecule has 7 heteroatoms. The minimum absolute atomic E-state index is 0.0263. The summed E-state index contributed by atoms with van der Waals surface area (Å²) < 4.78 is 1.67.